The molecular weight excluding hydrogens is 682 g/mol. The van der Waals surface area contributed by atoms with Crippen molar-refractivity contribution in [1.82, 2.24) is 4.57 Å². The van der Waals surface area contributed by atoms with E-state index in [0.29, 0.717) is 0 Å². The minimum absolute atomic E-state index is 0.457. The van der Waals surface area contributed by atoms with E-state index in [1.165, 1.54) is 77.4 Å². The summed E-state index contributed by atoms with van der Waals surface area (Å²) < 4.78 is 3.55. The van der Waals surface area contributed by atoms with Crippen LogP contribution in [-0.4, -0.2) is 4.57 Å². The SMILES string of the molecule is Brc1ccc(-c2cccc(-c3ccc4c5ccccc5n(-c5ccc6c(c5)C(c5ccccc5)(c5ccccc5)c5ccccc5-6)c4c3)c2)cc1. The van der Waals surface area contributed by atoms with Crippen molar-refractivity contribution in [2.75, 3.05) is 0 Å². The molecule has 0 unspecified atom stereocenters. The van der Waals surface area contributed by atoms with Gasteiger partial charge in [-0.1, -0.05) is 168 Å². The molecule has 0 bridgehead atoms. The third-order valence-corrected chi connectivity index (χ3v) is 11.3. The zero-order valence-corrected chi connectivity index (χ0v) is 29.4. The number of para-hydroxylation sites is 1. The van der Waals surface area contributed by atoms with Crippen LogP contribution in [0.5, 0.6) is 0 Å². The molecule has 1 heterocycles. The van der Waals surface area contributed by atoms with E-state index in [-0.39, 0.29) is 0 Å². The molecule has 2 heteroatoms. The van der Waals surface area contributed by atoms with Gasteiger partial charge in [0.2, 0.25) is 0 Å². The van der Waals surface area contributed by atoms with Crippen LogP contribution in [0.15, 0.2) is 199 Å². The highest BCUT2D eigenvalue weighted by Crippen LogP contribution is 2.56. The van der Waals surface area contributed by atoms with Gasteiger partial charge in [0.05, 0.1) is 16.4 Å². The normalized spacial score (nSPS) is 13.0. The molecular formula is C49H32BrN. The largest absolute Gasteiger partial charge is 0.309 e. The summed E-state index contributed by atoms with van der Waals surface area (Å²) in [6.07, 6.45) is 0. The van der Waals surface area contributed by atoms with E-state index in [1.807, 2.05) is 0 Å². The molecule has 1 aliphatic rings. The van der Waals surface area contributed by atoms with Crippen molar-refractivity contribution < 1.29 is 0 Å². The monoisotopic (exact) mass is 713 g/mol. The quantitative estimate of drug-likeness (QED) is 0.167. The minimum atomic E-state index is -0.457. The topological polar surface area (TPSA) is 4.93 Å². The molecule has 1 aromatic heterocycles. The molecule has 10 rings (SSSR count). The predicted octanol–water partition coefficient (Wildman–Crippen LogP) is 13.2. The van der Waals surface area contributed by atoms with E-state index in [0.717, 1.165) is 10.2 Å². The van der Waals surface area contributed by atoms with Crippen molar-refractivity contribution in [3.63, 3.8) is 0 Å². The summed E-state index contributed by atoms with van der Waals surface area (Å²) in [5.41, 5.74) is 15.7. The molecule has 0 spiro atoms. The van der Waals surface area contributed by atoms with Crippen LogP contribution in [0.3, 0.4) is 0 Å². The summed E-state index contributed by atoms with van der Waals surface area (Å²) in [6, 6.07) is 71.4. The number of nitrogens with zero attached hydrogens (tertiary/aromatic N) is 1. The summed E-state index contributed by atoms with van der Waals surface area (Å²) in [5.74, 6) is 0. The van der Waals surface area contributed by atoms with Crippen LogP contribution in [0.4, 0.5) is 0 Å². The number of halogens is 1. The van der Waals surface area contributed by atoms with E-state index in [4.69, 9.17) is 0 Å². The Balaban J connectivity index is 1.22. The van der Waals surface area contributed by atoms with Crippen LogP contribution in [0, 0.1) is 0 Å². The zero-order valence-electron chi connectivity index (χ0n) is 27.8. The van der Waals surface area contributed by atoms with Gasteiger partial charge in [-0.2, -0.15) is 0 Å². The Hall–Kier alpha value is -5.96. The summed E-state index contributed by atoms with van der Waals surface area (Å²) in [5, 5.41) is 2.50. The van der Waals surface area contributed by atoms with E-state index >= 15 is 0 Å². The molecule has 0 N–H and O–H groups in total. The number of fused-ring (bicyclic) bond motifs is 6. The van der Waals surface area contributed by atoms with Crippen molar-refractivity contribution in [2.24, 2.45) is 0 Å². The standard InChI is InChI=1S/C49H32BrN/c50-39-25-22-33(23-26-39)34-12-11-13-35(30-34)36-24-28-44-43-19-8-10-21-47(43)51(48(44)31-36)40-27-29-42-41-18-7-9-20-45(41)49(46(42)32-40,37-14-3-1-4-15-37)38-16-5-2-6-17-38/h1-32H. The predicted molar refractivity (Wildman–Crippen MR) is 217 cm³/mol. The average molecular weight is 715 g/mol. The number of aromatic nitrogens is 1. The van der Waals surface area contributed by atoms with Gasteiger partial charge in [0.25, 0.3) is 0 Å². The number of benzene rings is 8. The van der Waals surface area contributed by atoms with E-state index in [1.54, 1.807) is 0 Å². The van der Waals surface area contributed by atoms with Gasteiger partial charge in [-0.25, -0.2) is 0 Å². The Morgan fingerprint density at radius 3 is 1.73 bits per heavy atom. The lowest BCUT2D eigenvalue weighted by atomic mass is 9.67. The van der Waals surface area contributed by atoms with Gasteiger partial charge in [-0.05, 0) is 98.1 Å². The average Bonchev–Trinajstić information content (AvgIpc) is 3.69. The Morgan fingerprint density at radius 2 is 0.961 bits per heavy atom. The van der Waals surface area contributed by atoms with Crippen LogP contribution >= 0.6 is 15.9 Å². The minimum Gasteiger partial charge on any atom is -0.309 e. The lowest BCUT2D eigenvalue weighted by Crippen LogP contribution is -2.28. The lowest BCUT2D eigenvalue weighted by molar-refractivity contribution is 0.767. The third kappa shape index (κ3) is 4.60. The molecule has 0 saturated carbocycles. The van der Waals surface area contributed by atoms with Crippen molar-refractivity contribution in [1.29, 1.82) is 0 Å². The molecule has 9 aromatic rings. The van der Waals surface area contributed by atoms with Gasteiger partial charge < -0.3 is 4.57 Å². The van der Waals surface area contributed by atoms with Crippen LogP contribution in [0.25, 0.3) is 60.9 Å². The number of rotatable bonds is 5. The Kier molecular flexibility index (Phi) is 6.94. The highest BCUT2D eigenvalue weighted by atomic mass is 79.9. The number of hydrogen-bond acceptors (Lipinski definition) is 0. The Bertz CT molecular complexity index is 2700. The maximum absolute atomic E-state index is 3.58. The zero-order chi connectivity index (χ0) is 33.9. The van der Waals surface area contributed by atoms with Crippen molar-refractivity contribution >= 4 is 37.7 Å². The Morgan fingerprint density at radius 1 is 0.373 bits per heavy atom. The maximum atomic E-state index is 3.58. The van der Waals surface area contributed by atoms with Crippen LogP contribution in [0.1, 0.15) is 22.3 Å². The fourth-order valence-electron chi connectivity index (χ4n) is 8.52. The maximum Gasteiger partial charge on any atom is 0.0714 e. The molecule has 0 aliphatic heterocycles. The summed E-state index contributed by atoms with van der Waals surface area (Å²) >= 11 is 3.58. The van der Waals surface area contributed by atoms with Gasteiger partial charge in [0.15, 0.2) is 0 Å². The van der Waals surface area contributed by atoms with Crippen LogP contribution in [0.2, 0.25) is 0 Å². The van der Waals surface area contributed by atoms with E-state index in [2.05, 4.69) is 215 Å². The molecule has 240 valence electrons. The summed E-state index contributed by atoms with van der Waals surface area (Å²) in [4.78, 5) is 0. The van der Waals surface area contributed by atoms with Crippen LogP contribution in [-0.2, 0) is 5.41 Å². The fourth-order valence-corrected chi connectivity index (χ4v) is 8.78. The van der Waals surface area contributed by atoms with Gasteiger partial charge in [0.1, 0.15) is 0 Å². The van der Waals surface area contributed by atoms with E-state index in [9.17, 15) is 0 Å². The number of hydrogen-bond donors (Lipinski definition) is 0. The molecule has 1 nitrogen and oxygen atoms in total. The molecule has 0 amide bonds. The highest BCUT2D eigenvalue weighted by Gasteiger charge is 2.46. The Labute approximate surface area is 306 Å². The van der Waals surface area contributed by atoms with Gasteiger partial charge >= 0.3 is 0 Å². The first-order chi connectivity index (χ1) is 25.2. The molecule has 0 radical (unpaired) electrons. The van der Waals surface area contributed by atoms with Gasteiger partial charge in [0, 0.05) is 20.9 Å². The smallest absolute Gasteiger partial charge is 0.0714 e. The second kappa shape index (κ2) is 11.8. The van der Waals surface area contributed by atoms with Gasteiger partial charge in [-0.15, -0.1) is 0 Å². The fraction of sp³-hybridized carbons (Fsp3) is 0.0204. The molecule has 8 aromatic carbocycles. The molecule has 51 heavy (non-hydrogen) atoms. The van der Waals surface area contributed by atoms with E-state index < -0.39 is 5.41 Å². The lowest BCUT2D eigenvalue weighted by Gasteiger charge is -2.34. The first kappa shape index (κ1) is 29.9. The van der Waals surface area contributed by atoms with Crippen LogP contribution < -0.4 is 0 Å². The summed E-state index contributed by atoms with van der Waals surface area (Å²) in [7, 11) is 0. The van der Waals surface area contributed by atoms with Gasteiger partial charge in [-0.3, -0.25) is 0 Å². The van der Waals surface area contributed by atoms with Crippen molar-refractivity contribution in [3.8, 4) is 39.1 Å². The van der Waals surface area contributed by atoms with Crippen molar-refractivity contribution in [2.45, 2.75) is 5.41 Å². The summed E-state index contributed by atoms with van der Waals surface area (Å²) in [6.45, 7) is 0. The highest BCUT2D eigenvalue weighted by molar-refractivity contribution is 9.10. The second-order valence-electron chi connectivity index (χ2n) is 13.4. The molecule has 0 saturated heterocycles. The first-order valence-electron chi connectivity index (χ1n) is 17.5. The molecule has 0 atom stereocenters. The first-order valence-corrected chi connectivity index (χ1v) is 18.2. The van der Waals surface area contributed by atoms with Crippen molar-refractivity contribution in [3.05, 3.63) is 221 Å². The second-order valence-corrected chi connectivity index (χ2v) is 14.3. The third-order valence-electron chi connectivity index (χ3n) is 10.7. The molecule has 0 fully saturated rings. The molecule has 1 aliphatic carbocycles.